The largest absolute Gasteiger partial charge is 0.481 e. The quantitative estimate of drug-likeness (QED) is 0.515. The van der Waals surface area contributed by atoms with Gasteiger partial charge in [0.15, 0.2) is 0 Å². The van der Waals surface area contributed by atoms with Crippen molar-refractivity contribution in [2.75, 3.05) is 0 Å². The average molecular weight is 401 g/mol. The van der Waals surface area contributed by atoms with Crippen LogP contribution in [0, 0.1) is 0 Å². The van der Waals surface area contributed by atoms with Crippen LogP contribution < -0.4 is 5.69 Å². The van der Waals surface area contributed by atoms with Crippen molar-refractivity contribution < 1.29 is 9.90 Å². The first-order chi connectivity index (χ1) is 13.0. The number of aromatic nitrogens is 2. The number of benzene rings is 2. The number of imidazole rings is 1. The predicted octanol–water partition coefficient (Wildman–Crippen LogP) is 4.58. The van der Waals surface area contributed by atoms with Crippen LogP contribution in [0.15, 0.2) is 52.6 Å². The highest BCUT2D eigenvalue weighted by atomic mass is 35.5. The fourth-order valence-corrected chi connectivity index (χ4v) is 4.48. The molecule has 0 bridgehead atoms. The van der Waals surface area contributed by atoms with E-state index in [1.165, 1.54) is 0 Å². The Balaban J connectivity index is 1.77. The summed E-state index contributed by atoms with van der Waals surface area (Å²) in [5.41, 5.74) is 2.60. The Hall–Kier alpha value is -2.57. The number of carboxylic acid groups (broad SMARTS) is 1. The van der Waals surface area contributed by atoms with Crippen LogP contribution in [-0.2, 0) is 17.9 Å². The van der Waals surface area contributed by atoms with E-state index in [1.54, 1.807) is 20.5 Å². The molecule has 0 amide bonds. The molecule has 0 aliphatic rings. The number of halogens is 1. The summed E-state index contributed by atoms with van der Waals surface area (Å²) in [5, 5.41) is 12.7. The van der Waals surface area contributed by atoms with Gasteiger partial charge in [-0.1, -0.05) is 23.7 Å². The van der Waals surface area contributed by atoms with Crippen molar-refractivity contribution in [1.82, 2.24) is 9.13 Å². The molecule has 0 fully saturated rings. The van der Waals surface area contributed by atoms with Gasteiger partial charge >= 0.3 is 11.7 Å². The normalized spacial score (nSPS) is 11.4. The van der Waals surface area contributed by atoms with Crippen molar-refractivity contribution in [3.8, 4) is 0 Å². The summed E-state index contributed by atoms with van der Waals surface area (Å²) in [4.78, 5) is 23.9. The standard InChI is InChI=1S/C20H17ClN2O3S/c21-14-7-8-18-15(10-14)13(12-27-18)11-23-17-5-2-1-4-16(17)22(20(23)26)9-3-6-19(24)25/h1-2,4-5,7-8,10,12H,3,6,9,11H2,(H,24,25). The second kappa shape index (κ2) is 7.21. The van der Waals surface area contributed by atoms with Gasteiger partial charge in [-0.2, -0.15) is 0 Å². The molecule has 0 spiro atoms. The Morgan fingerprint density at radius 2 is 1.85 bits per heavy atom. The zero-order valence-corrected chi connectivity index (χ0v) is 16.0. The molecule has 1 N–H and O–H groups in total. The molecule has 138 valence electrons. The third-order valence-corrected chi connectivity index (χ3v) is 5.89. The molecule has 0 aliphatic carbocycles. The van der Waals surface area contributed by atoms with Crippen LogP contribution in [0.1, 0.15) is 18.4 Å². The van der Waals surface area contributed by atoms with Crippen LogP contribution >= 0.6 is 22.9 Å². The molecule has 4 rings (SSSR count). The molecular weight excluding hydrogens is 384 g/mol. The Morgan fingerprint density at radius 1 is 1.11 bits per heavy atom. The lowest BCUT2D eigenvalue weighted by Crippen LogP contribution is -2.25. The molecule has 27 heavy (non-hydrogen) atoms. The van der Waals surface area contributed by atoms with Gasteiger partial charge in [-0.25, -0.2) is 4.79 Å². The van der Waals surface area contributed by atoms with E-state index in [-0.39, 0.29) is 12.1 Å². The second-order valence-electron chi connectivity index (χ2n) is 6.41. The second-order valence-corrected chi connectivity index (χ2v) is 7.76. The lowest BCUT2D eigenvalue weighted by atomic mass is 10.2. The number of para-hydroxylation sites is 2. The molecular formula is C20H17ClN2O3S. The van der Waals surface area contributed by atoms with Crippen LogP contribution in [0.3, 0.4) is 0 Å². The van der Waals surface area contributed by atoms with Crippen molar-refractivity contribution in [1.29, 1.82) is 0 Å². The molecule has 0 saturated carbocycles. The summed E-state index contributed by atoms with van der Waals surface area (Å²) < 4.78 is 4.55. The van der Waals surface area contributed by atoms with Gasteiger partial charge in [-0.3, -0.25) is 13.9 Å². The van der Waals surface area contributed by atoms with E-state index >= 15 is 0 Å². The van der Waals surface area contributed by atoms with E-state index in [0.29, 0.717) is 24.5 Å². The molecule has 4 aromatic rings. The van der Waals surface area contributed by atoms with E-state index < -0.39 is 5.97 Å². The maximum atomic E-state index is 13.0. The molecule has 2 aromatic carbocycles. The zero-order chi connectivity index (χ0) is 19.0. The molecule has 2 aromatic heterocycles. The van der Waals surface area contributed by atoms with Crippen LogP contribution in [0.2, 0.25) is 5.02 Å². The van der Waals surface area contributed by atoms with Crippen molar-refractivity contribution in [2.45, 2.75) is 25.9 Å². The molecule has 0 atom stereocenters. The van der Waals surface area contributed by atoms with E-state index in [2.05, 4.69) is 5.38 Å². The minimum absolute atomic E-state index is 0.0413. The monoisotopic (exact) mass is 400 g/mol. The van der Waals surface area contributed by atoms with Gasteiger partial charge in [0.25, 0.3) is 0 Å². The van der Waals surface area contributed by atoms with Crippen LogP contribution in [0.5, 0.6) is 0 Å². The summed E-state index contributed by atoms with van der Waals surface area (Å²) in [6, 6.07) is 13.4. The fraction of sp³-hybridized carbons (Fsp3) is 0.200. The Kier molecular flexibility index (Phi) is 4.76. The first-order valence-electron chi connectivity index (χ1n) is 8.60. The van der Waals surface area contributed by atoms with Crippen molar-refractivity contribution >= 4 is 50.0 Å². The van der Waals surface area contributed by atoms with Crippen molar-refractivity contribution in [3.63, 3.8) is 0 Å². The highest BCUT2D eigenvalue weighted by Crippen LogP contribution is 2.29. The average Bonchev–Trinajstić information content (AvgIpc) is 3.15. The molecule has 0 saturated heterocycles. The summed E-state index contributed by atoms with van der Waals surface area (Å²) >= 11 is 7.78. The Morgan fingerprint density at radius 3 is 2.59 bits per heavy atom. The maximum Gasteiger partial charge on any atom is 0.329 e. The van der Waals surface area contributed by atoms with E-state index in [4.69, 9.17) is 16.7 Å². The van der Waals surface area contributed by atoms with Gasteiger partial charge in [0.1, 0.15) is 0 Å². The van der Waals surface area contributed by atoms with Gasteiger partial charge < -0.3 is 5.11 Å². The van der Waals surface area contributed by atoms with Gasteiger partial charge in [0, 0.05) is 22.7 Å². The number of thiophene rings is 1. The topological polar surface area (TPSA) is 64.2 Å². The summed E-state index contributed by atoms with van der Waals surface area (Å²) in [6.45, 7) is 0.834. The molecule has 7 heteroatoms. The van der Waals surface area contributed by atoms with Gasteiger partial charge in [-0.15, -0.1) is 11.3 Å². The van der Waals surface area contributed by atoms with Gasteiger partial charge in [0.2, 0.25) is 0 Å². The number of nitrogens with zero attached hydrogens (tertiary/aromatic N) is 2. The highest BCUT2D eigenvalue weighted by Gasteiger charge is 2.15. The van der Waals surface area contributed by atoms with Gasteiger partial charge in [-0.05, 0) is 53.1 Å². The number of carbonyl (C=O) groups is 1. The smallest absolute Gasteiger partial charge is 0.329 e. The zero-order valence-electron chi connectivity index (χ0n) is 14.4. The fourth-order valence-electron chi connectivity index (χ4n) is 3.38. The number of aliphatic carboxylic acids is 1. The number of hydrogen-bond donors (Lipinski definition) is 1. The number of carboxylic acids is 1. The lowest BCUT2D eigenvalue weighted by Gasteiger charge is -2.03. The first kappa shape index (κ1) is 17.8. The molecule has 2 heterocycles. The van der Waals surface area contributed by atoms with E-state index in [0.717, 1.165) is 26.7 Å². The van der Waals surface area contributed by atoms with E-state index in [1.807, 2.05) is 42.5 Å². The minimum atomic E-state index is -0.853. The van der Waals surface area contributed by atoms with Crippen LogP contribution in [-0.4, -0.2) is 20.2 Å². The number of rotatable bonds is 6. The maximum absolute atomic E-state index is 13.0. The number of fused-ring (bicyclic) bond motifs is 2. The molecule has 0 aliphatic heterocycles. The van der Waals surface area contributed by atoms with Crippen LogP contribution in [0.4, 0.5) is 0 Å². The van der Waals surface area contributed by atoms with Crippen LogP contribution in [0.25, 0.3) is 21.1 Å². The summed E-state index contributed by atoms with van der Waals surface area (Å²) in [5.74, 6) is -0.853. The third-order valence-electron chi connectivity index (χ3n) is 4.64. The summed E-state index contributed by atoms with van der Waals surface area (Å²) in [7, 11) is 0. The minimum Gasteiger partial charge on any atom is -0.481 e. The highest BCUT2D eigenvalue weighted by molar-refractivity contribution is 7.17. The molecule has 5 nitrogen and oxygen atoms in total. The van der Waals surface area contributed by atoms with Gasteiger partial charge in [0.05, 0.1) is 17.6 Å². The Labute approximate surface area is 164 Å². The molecule has 0 radical (unpaired) electrons. The predicted molar refractivity (Wildman–Crippen MR) is 109 cm³/mol. The number of hydrogen-bond acceptors (Lipinski definition) is 3. The SMILES string of the molecule is O=C(O)CCCn1c(=O)n(Cc2csc3ccc(Cl)cc23)c2ccccc21. The summed E-state index contributed by atoms with van der Waals surface area (Å²) in [6.07, 6.45) is 0.458. The van der Waals surface area contributed by atoms with Crippen molar-refractivity contribution in [3.05, 3.63) is 68.9 Å². The third kappa shape index (κ3) is 3.38. The lowest BCUT2D eigenvalue weighted by molar-refractivity contribution is -0.137. The van der Waals surface area contributed by atoms with E-state index in [9.17, 15) is 9.59 Å². The van der Waals surface area contributed by atoms with Crippen molar-refractivity contribution in [2.24, 2.45) is 0 Å². The number of aryl methyl sites for hydroxylation is 1. The Bertz CT molecular complexity index is 1210. The molecule has 0 unspecified atom stereocenters. The first-order valence-corrected chi connectivity index (χ1v) is 9.86.